The van der Waals surface area contributed by atoms with Crippen LogP contribution >= 0.6 is 11.6 Å². The molecule has 4 aromatic rings. The van der Waals surface area contributed by atoms with Crippen molar-refractivity contribution in [1.29, 1.82) is 0 Å². The molecule has 0 unspecified atom stereocenters. The van der Waals surface area contributed by atoms with E-state index in [9.17, 15) is 4.79 Å². The molecule has 25 heavy (non-hydrogen) atoms. The van der Waals surface area contributed by atoms with E-state index in [1.165, 1.54) is 4.80 Å². The number of nitrogens with one attached hydrogen (secondary N) is 1. The van der Waals surface area contributed by atoms with Crippen LogP contribution in [-0.4, -0.2) is 25.2 Å². The third-order valence-electron chi connectivity index (χ3n) is 4.00. The van der Waals surface area contributed by atoms with Crippen LogP contribution in [0.4, 0.5) is 0 Å². The number of aryl methyl sites for hydroxylation is 1. The van der Waals surface area contributed by atoms with Crippen molar-refractivity contribution in [2.75, 3.05) is 0 Å². The largest absolute Gasteiger partial charge is 0.321 e. The number of halogens is 1. The van der Waals surface area contributed by atoms with Crippen LogP contribution in [0.1, 0.15) is 6.92 Å². The second-order valence-corrected chi connectivity index (χ2v) is 6.00. The van der Waals surface area contributed by atoms with Crippen molar-refractivity contribution in [2.24, 2.45) is 0 Å². The zero-order valence-corrected chi connectivity index (χ0v) is 14.2. The standard InChI is InChI=1S/C18H14ClN5O/c1-2-24-22-17(21-23-24)16-15(11-6-4-3-5-7-11)13-10-12(19)8-9-14(13)20-18(16)25/h3-10H,2H2,1H3,(H,20,25). The SMILES string of the molecule is CCn1nnc(-c2c(-c3ccccc3)c3cc(Cl)ccc3[nH]c2=O)n1. The van der Waals surface area contributed by atoms with Gasteiger partial charge in [0.05, 0.1) is 12.1 Å². The number of aromatic amines is 1. The second kappa shape index (κ2) is 6.14. The smallest absolute Gasteiger partial charge is 0.260 e. The highest BCUT2D eigenvalue weighted by Crippen LogP contribution is 2.34. The number of hydrogen-bond donors (Lipinski definition) is 1. The molecule has 124 valence electrons. The maximum Gasteiger partial charge on any atom is 0.260 e. The van der Waals surface area contributed by atoms with E-state index in [0.29, 0.717) is 28.5 Å². The molecule has 2 aromatic heterocycles. The minimum absolute atomic E-state index is 0.260. The fourth-order valence-electron chi connectivity index (χ4n) is 2.86. The molecule has 7 heteroatoms. The summed E-state index contributed by atoms with van der Waals surface area (Å²) in [4.78, 5) is 17.1. The molecular formula is C18H14ClN5O. The number of aromatic nitrogens is 5. The summed E-state index contributed by atoms with van der Waals surface area (Å²) >= 11 is 6.20. The number of pyridine rings is 1. The number of tetrazole rings is 1. The fraction of sp³-hybridized carbons (Fsp3) is 0.111. The van der Waals surface area contributed by atoms with E-state index < -0.39 is 0 Å². The summed E-state index contributed by atoms with van der Waals surface area (Å²) in [6.07, 6.45) is 0. The molecule has 0 aliphatic carbocycles. The van der Waals surface area contributed by atoms with Crippen LogP contribution in [0.5, 0.6) is 0 Å². The molecule has 0 bridgehead atoms. The van der Waals surface area contributed by atoms with E-state index in [1.54, 1.807) is 12.1 Å². The predicted octanol–water partition coefficient (Wildman–Crippen LogP) is 3.52. The third kappa shape index (κ3) is 2.70. The summed E-state index contributed by atoms with van der Waals surface area (Å²) in [5, 5.41) is 13.8. The van der Waals surface area contributed by atoms with Crippen molar-refractivity contribution in [3.8, 4) is 22.5 Å². The number of H-pyrrole nitrogens is 1. The second-order valence-electron chi connectivity index (χ2n) is 5.56. The van der Waals surface area contributed by atoms with Gasteiger partial charge in [0.2, 0.25) is 5.82 Å². The number of hydrogen-bond acceptors (Lipinski definition) is 4. The lowest BCUT2D eigenvalue weighted by molar-refractivity contribution is 0.552. The predicted molar refractivity (Wildman–Crippen MR) is 97.5 cm³/mol. The minimum Gasteiger partial charge on any atom is -0.321 e. The van der Waals surface area contributed by atoms with Gasteiger partial charge in [-0.15, -0.1) is 10.2 Å². The number of fused-ring (bicyclic) bond motifs is 1. The lowest BCUT2D eigenvalue weighted by atomic mass is 9.96. The molecule has 0 spiro atoms. The van der Waals surface area contributed by atoms with Crippen LogP contribution in [0.15, 0.2) is 53.3 Å². The molecule has 0 saturated heterocycles. The first-order valence-corrected chi connectivity index (χ1v) is 8.24. The summed E-state index contributed by atoms with van der Waals surface area (Å²) in [6.45, 7) is 2.49. The molecule has 0 radical (unpaired) electrons. The van der Waals surface area contributed by atoms with E-state index in [-0.39, 0.29) is 5.56 Å². The van der Waals surface area contributed by atoms with Crippen LogP contribution in [0.25, 0.3) is 33.4 Å². The molecule has 2 heterocycles. The first-order chi connectivity index (χ1) is 12.2. The van der Waals surface area contributed by atoms with Gasteiger partial charge in [0, 0.05) is 21.5 Å². The third-order valence-corrected chi connectivity index (χ3v) is 4.23. The molecule has 0 amide bonds. The Morgan fingerprint density at radius 3 is 2.64 bits per heavy atom. The van der Waals surface area contributed by atoms with Gasteiger partial charge >= 0.3 is 0 Å². The summed E-state index contributed by atoms with van der Waals surface area (Å²) in [6, 6.07) is 15.1. The summed E-state index contributed by atoms with van der Waals surface area (Å²) in [7, 11) is 0. The van der Waals surface area contributed by atoms with Gasteiger partial charge in [-0.25, -0.2) is 0 Å². The van der Waals surface area contributed by atoms with Crippen molar-refractivity contribution in [2.45, 2.75) is 13.5 Å². The lowest BCUT2D eigenvalue weighted by Gasteiger charge is -2.11. The lowest BCUT2D eigenvalue weighted by Crippen LogP contribution is -2.12. The Morgan fingerprint density at radius 1 is 1.12 bits per heavy atom. The Labute approximate surface area is 148 Å². The van der Waals surface area contributed by atoms with Gasteiger partial charge in [0.1, 0.15) is 0 Å². The van der Waals surface area contributed by atoms with Crippen molar-refractivity contribution in [1.82, 2.24) is 25.2 Å². The van der Waals surface area contributed by atoms with Crippen LogP contribution < -0.4 is 5.56 Å². The van der Waals surface area contributed by atoms with E-state index in [1.807, 2.05) is 43.3 Å². The summed E-state index contributed by atoms with van der Waals surface area (Å²) < 4.78 is 0. The van der Waals surface area contributed by atoms with Gasteiger partial charge in [0.15, 0.2) is 0 Å². The first-order valence-electron chi connectivity index (χ1n) is 7.86. The van der Waals surface area contributed by atoms with Crippen molar-refractivity contribution in [3.05, 3.63) is 63.9 Å². The Hall–Kier alpha value is -2.99. The number of nitrogens with zero attached hydrogens (tertiary/aromatic N) is 4. The Balaban J connectivity index is 2.14. The highest BCUT2D eigenvalue weighted by atomic mass is 35.5. The average Bonchev–Trinajstić information content (AvgIpc) is 3.10. The highest BCUT2D eigenvalue weighted by Gasteiger charge is 2.20. The molecule has 0 atom stereocenters. The van der Waals surface area contributed by atoms with Gasteiger partial charge in [-0.1, -0.05) is 41.9 Å². The number of rotatable bonds is 3. The Bertz CT molecular complexity index is 1120. The van der Waals surface area contributed by atoms with Gasteiger partial charge in [0.25, 0.3) is 5.56 Å². The molecule has 0 saturated carbocycles. The highest BCUT2D eigenvalue weighted by molar-refractivity contribution is 6.31. The van der Waals surface area contributed by atoms with Crippen LogP contribution in [0, 0.1) is 0 Å². The quantitative estimate of drug-likeness (QED) is 0.612. The molecule has 1 N–H and O–H groups in total. The molecule has 4 rings (SSSR count). The normalized spacial score (nSPS) is 11.1. The van der Waals surface area contributed by atoms with E-state index in [2.05, 4.69) is 20.4 Å². The van der Waals surface area contributed by atoms with E-state index >= 15 is 0 Å². The zero-order chi connectivity index (χ0) is 17.4. The van der Waals surface area contributed by atoms with E-state index in [0.717, 1.165) is 16.5 Å². The van der Waals surface area contributed by atoms with Crippen LogP contribution in [-0.2, 0) is 6.54 Å². The molecule has 0 fully saturated rings. The van der Waals surface area contributed by atoms with Crippen molar-refractivity contribution >= 4 is 22.5 Å². The Morgan fingerprint density at radius 2 is 1.92 bits per heavy atom. The molecular weight excluding hydrogens is 338 g/mol. The molecule has 0 aliphatic rings. The Kier molecular flexibility index (Phi) is 3.82. The number of benzene rings is 2. The van der Waals surface area contributed by atoms with Crippen LogP contribution in [0.3, 0.4) is 0 Å². The van der Waals surface area contributed by atoms with Crippen molar-refractivity contribution < 1.29 is 0 Å². The van der Waals surface area contributed by atoms with E-state index in [4.69, 9.17) is 11.6 Å². The average molecular weight is 352 g/mol. The fourth-order valence-corrected chi connectivity index (χ4v) is 3.03. The maximum absolute atomic E-state index is 12.8. The topological polar surface area (TPSA) is 76.5 Å². The van der Waals surface area contributed by atoms with Gasteiger partial charge in [-0.2, -0.15) is 4.80 Å². The minimum atomic E-state index is -0.260. The van der Waals surface area contributed by atoms with Crippen LogP contribution in [0.2, 0.25) is 5.02 Å². The molecule has 6 nitrogen and oxygen atoms in total. The summed E-state index contributed by atoms with van der Waals surface area (Å²) in [5.74, 6) is 0.295. The van der Waals surface area contributed by atoms with Gasteiger partial charge in [-0.05, 0) is 35.9 Å². The first kappa shape index (κ1) is 15.5. The monoisotopic (exact) mass is 351 g/mol. The maximum atomic E-state index is 12.8. The van der Waals surface area contributed by atoms with Gasteiger partial charge < -0.3 is 4.98 Å². The van der Waals surface area contributed by atoms with Crippen molar-refractivity contribution in [3.63, 3.8) is 0 Å². The molecule has 0 aliphatic heterocycles. The molecule has 2 aromatic carbocycles. The summed E-state index contributed by atoms with van der Waals surface area (Å²) in [5.41, 5.74) is 2.48. The van der Waals surface area contributed by atoms with Gasteiger partial charge in [-0.3, -0.25) is 4.79 Å². The zero-order valence-electron chi connectivity index (χ0n) is 13.4.